The molecular weight excluding hydrogens is 408 g/mol. The van der Waals surface area contributed by atoms with E-state index in [2.05, 4.69) is 5.32 Å². The zero-order valence-corrected chi connectivity index (χ0v) is 18.4. The number of anilines is 1. The first-order valence-electron chi connectivity index (χ1n) is 9.41. The van der Waals surface area contributed by atoms with Gasteiger partial charge in [0.1, 0.15) is 17.2 Å². The fourth-order valence-corrected chi connectivity index (χ4v) is 4.28. The Morgan fingerprint density at radius 2 is 1.93 bits per heavy atom. The SMILES string of the molecule is COc1ccc(OC)c(C(C)NC(=O)C2CN(S(C)(=O)=O)c3cc(C)ccc3O2)c1. The predicted molar refractivity (Wildman–Crippen MR) is 114 cm³/mol. The van der Waals surface area contributed by atoms with E-state index < -0.39 is 28.1 Å². The van der Waals surface area contributed by atoms with Crippen LogP contribution in [-0.2, 0) is 14.8 Å². The lowest BCUT2D eigenvalue weighted by Gasteiger charge is -2.34. The summed E-state index contributed by atoms with van der Waals surface area (Å²) < 4.78 is 42.4. The van der Waals surface area contributed by atoms with Crippen LogP contribution in [0.15, 0.2) is 36.4 Å². The van der Waals surface area contributed by atoms with Crippen molar-refractivity contribution in [1.29, 1.82) is 0 Å². The Bertz CT molecular complexity index is 1050. The van der Waals surface area contributed by atoms with Crippen molar-refractivity contribution in [2.24, 2.45) is 0 Å². The van der Waals surface area contributed by atoms with E-state index in [1.807, 2.05) is 19.9 Å². The van der Waals surface area contributed by atoms with Crippen LogP contribution in [0.2, 0.25) is 0 Å². The molecule has 9 heteroatoms. The van der Waals surface area contributed by atoms with Gasteiger partial charge in [0.05, 0.1) is 38.7 Å². The van der Waals surface area contributed by atoms with Crippen LogP contribution >= 0.6 is 0 Å². The van der Waals surface area contributed by atoms with Crippen molar-refractivity contribution >= 4 is 21.6 Å². The van der Waals surface area contributed by atoms with Crippen molar-refractivity contribution < 1.29 is 27.4 Å². The normalized spacial score (nSPS) is 16.8. The minimum absolute atomic E-state index is 0.108. The Hall–Kier alpha value is -2.94. The molecule has 0 radical (unpaired) electrons. The molecule has 1 amide bonds. The molecule has 1 heterocycles. The van der Waals surface area contributed by atoms with Gasteiger partial charge >= 0.3 is 0 Å². The molecular formula is C21H26N2O6S. The maximum absolute atomic E-state index is 13.0. The lowest BCUT2D eigenvalue weighted by Crippen LogP contribution is -2.50. The zero-order valence-electron chi connectivity index (χ0n) is 17.6. The summed E-state index contributed by atoms with van der Waals surface area (Å²) in [5.74, 6) is 1.16. The van der Waals surface area contributed by atoms with Gasteiger partial charge in [-0.1, -0.05) is 6.07 Å². The molecule has 0 saturated carbocycles. The predicted octanol–water partition coefficient (Wildman–Crippen LogP) is 2.42. The fourth-order valence-electron chi connectivity index (χ4n) is 3.37. The van der Waals surface area contributed by atoms with E-state index in [1.54, 1.807) is 44.6 Å². The van der Waals surface area contributed by atoms with E-state index in [4.69, 9.17) is 14.2 Å². The number of aryl methyl sites for hydroxylation is 1. The molecule has 1 aliphatic heterocycles. The van der Waals surface area contributed by atoms with Gasteiger partial charge in [0.2, 0.25) is 10.0 Å². The van der Waals surface area contributed by atoms with Crippen LogP contribution in [-0.4, -0.2) is 47.4 Å². The number of fused-ring (bicyclic) bond motifs is 1. The van der Waals surface area contributed by atoms with Crippen LogP contribution in [0.4, 0.5) is 5.69 Å². The summed E-state index contributed by atoms with van der Waals surface area (Å²) in [5, 5.41) is 2.89. The van der Waals surface area contributed by atoms with Gasteiger partial charge in [0.15, 0.2) is 6.10 Å². The summed E-state index contributed by atoms with van der Waals surface area (Å²) in [4.78, 5) is 13.0. The standard InChI is InChI=1S/C21H26N2O6S/c1-13-6-8-19-17(10-13)23(30(5,25)26)12-20(29-19)21(24)22-14(2)16-11-15(27-3)7-9-18(16)28-4/h6-11,14,20H,12H2,1-5H3,(H,22,24). The monoisotopic (exact) mass is 434 g/mol. The highest BCUT2D eigenvalue weighted by atomic mass is 32.2. The summed E-state index contributed by atoms with van der Waals surface area (Å²) in [6.07, 6.45) is 0.123. The third kappa shape index (κ3) is 4.46. The molecule has 8 nitrogen and oxygen atoms in total. The van der Waals surface area contributed by atoms with E-state index in [0.717, 1.165) is 17.4 Å². The van der Waals surface area contributed by atoms with Crippen LogP contribution in [0.3, 0.4) is 0 Å². The van der Waals surface area contributed by atoms with Crippen molar-refractivity contribution in [3.63, 3.8) is 0 Å². The quantitative estimate of drug-likeness (QED) is 0.750. The average molecular weight is 435 g/mol. The van der Waals surface area contributed by atoms with Crippen molar-refractivity contribution in [2.45, 2.75) is 26.0 Å². The zero-order chi connectivity index (χ0) is 22.1. The molecule has 30 heavy (non-hydrogen) atoms. The van der Waals surface area contributed by atoms with Crippen LogP contribution in [0.5, 0.6) is 17.2 Å². The number of rotatable bonds is 6. The number of nitrogens with one attached hydrogen (secondary N) is 1. The summed E-state index contributed by atoms with van der Waals surface area (Å²) >= 11 is 0. The number of hydrogen-bond donors (Lipinski definition) is 1. The molecule has 2 unspecified atom stereocenters. The molecule has 0 spiro atoms. The molecule has 2 aromatic carbocycles. The van der Waals surface area contributed by atoms with E-state index in [9.17, 15) is 13.2 Å². The first-order chi connectivity index (χ1) is 14.1. The summed E-state index contributed by atoms with van der Waals surface area (Å²) in [6.45, 7) is 3.56. The molecule has 1 N–H and O–H groups in total. The number of methoxy groups -OCH3 is 2. The van der Waals surface area contributed by atoms with Crippen molar-refractivity contribution in [2.75, 3.05) is 31.3 Å². The Balaban J connectivity index is 1.85. The molecule has 2 aromatic rings. The maximum atomic E-state index is 13.0. The highest BCUT2D eigenvalue weighted by molar-refractivity contribution is 7.92. The molecule has 1 aliphatic rings. The maximum Gasteiger partial charge on any atom is 0.263 e. The Labute approximate surface area is 176 Å². The van der Waals surface area contributed by atoms with Gasteiger partial charge in [-0.05, 0) is 49.7 Å². The second-order valence-corrected chi connectivity index (χ2v) is 9.12. The van der Waals surface area contributed by atoms with E-state index >= 15 is 0 Å². The number of ether oxygens (including phenoxy) is 3. The van der Waals surface area contributed by atoms with Gasteiger partial charge in [-0.25, -0.2) is 8.42 Å². The average Bonchev–Trinajstić information content (AvgIpc) is 2.71. The smallest absolute Gasteiger partial charge is 0.263 e. The third-order valence-electron chi connectivity index (χ3n) is 4.94. The number of nitrogens with zero attached hydrogens (tertiary/aromatic N) is 1. The van der Waals surface area contributed by atoms with Crippen LogP contribution < -0.4 is 23.8 Å². The number of sulfonamides is 1. The highest BCUT2D eigenvalue weighted by Gasteiger charge is 2.35. The van der Waals surface area contributed by atoms with Gasteiger partial charge < -0.3 is 19.5 Å². The first-order valence-corrected chi connectivity index (χ1v) is 11.3. The van der Waals surface area contributed by atoms with E-state index in [-0.39, 0.29) is 6.54 Å². The largest absolute Gasteiger partial charge is 0.497 e. The number of benzene rings is 2. The van der Waals surface area contributed by atoms with Gasteiger partial charge in [-0.3, -0.25) is 9.10 Å². The van der Waals surface area contributed by atoms with Gasteiger partial charge in [-0.15, -0.1) is 0 Å². The summed E-state index contributed by atoms with van der Waals surface area (Å²) in [6, 6.07) is 10.1. The Kier molecular flexibility index (Phi) is 6.12. The molecule has 3 rings (SSSR count). The van der Waals surface area contributed by atoms with Gasteiger partial charge in [-0.2, -0.15) is 0 Å². The molecule has 0 aromatic heterocycles. The first kappa shape index (κ1) is 21.8. The Morgan fingerprint density at radius 3 is 2.57 bits per heavy atom. The minimum Gasteiger partial charge on any atom is -0.497 e. The summed E-state index contributed by atoms with van der Waals surface area (Å²) in [7, 11) is -0.478. The number of hydrogen-bond acceptors (Lipinski definition) is 6. The second-order valence-electron chi connectivity index (χ2n) is 7.21. The molecule has 162 valence electrons. The number of carbonyl (C=O) groups excluding carboxylic acids is 1. The van der Waals surface area contributed by atoms with Crippen LogP contribution in [0, 0.1) is 6.92 Å². The van der Waals surface area contributed by atoms with Gasteiger partial charge in [0, 0.05) is 5.56 Å². The van der Waals surface area contributed by atoms with Crippen molar-refractivity contribution in [1.82, 2.24) is 5.32 Å². The number of carbonyl (C=O) groups is 1. The lowest BCUT2D eigenvalue weighted by atomic mass is 10.1. The molecule has 2 atom stereocenters. The summed E-state index contributed by atoms with van der Waals surface area (Å²) in [5.41, 5.74) is 2.06. The van der Waals surface area contributed by atoms with Crippen molar-refractivity contribution in [3.8, 4) is 17.2 Å². The number of amides is 1. The topological polar surface area (TPSA) is 94.2 Å². The van der Waals surface area contributed by atoms with Gasteiger partial charge in [0.25, 0.3) is 5.91 Å². The van der Waals surface area contributed by atoms with Crippen molar-refractivity contribution in [3.05, 3.63) is 47.5 Å². The van der Waals surface area contributed by atoms with Crippen LogP contribution in [0.25, 0.3) is 0 Å². The molecule has 0 saturated heterocycles. The fraction of sp³-hybridized carbons (Fsp3) is 0.381. The highest BCUT2D eigenvalue weighted by Crippen LogP contribution is 2.36. The molecule has 0 aliphatic carbocycles. The second kappa shape index (κ2) is 8.43. The van der Waals surface area contributed by atoms with E-state index in [1.165, 1.54) is 4.31 Å². The molecule has 0 fully saturated rings. The minimum atomic E-state index is -3.59. The Morgan fingerprint density at radius 1 is 1.20 bits per heavy atom. The van der Waals surface area contributed by atoms with Crippen LogP contribution in [0.1, 0.15) is 24.1 Å². The van der Waals surface area contributed by atoms with E-state index in [0.29, 0.717) is 22.9 Å². The third-order valence-corrected chi connectivity index (χ3v) is 6.09. The lowest BCUT2D eigenvalue weighted by molar-refractivity contribution is -0.128. The molecule has 0 bridgehead atoms.